The Hall–Kier alpha value is -4.80. The minimum atomic E-state index is -2.03. The summed E-state index contributed by atoms with van der Waals surface area (Å²) in [5, 5.41) is 36.7. The second kappa shape index (κ2) is 13.2. The first-order chi connectivity index (χ1) is 20.2. The smallest absolute Gasteiger partial charge is 0.273 e. The van der Waals surface area contributed by atoms with E-state index in [0.29, 0.717) is 10.5 Å². The first kappa shape index (κ1) is 30.2. The van der Waals surface area contributed by atoms with E-state index in [4.69, 9.17) is 5.41 Å². The van der Waals surface area contributed by atoms with Crippen LogP contribution in [0.5, 0.6) is 11.6 Å². The van der Waals surface area contributed by atoms with Gasteiger partial charge in [-0.05, 0) is 85.8 Å². The van der Waals surface area contributed by atoms with E-state index in [2.05, 4.69) is 15.6 Å². The van der Waals surface area contributed by atoms with Gasteiger partial charge in [-0.15, -0.1) is 0 Å². The molecule has 0 fully saturated rings. The number of amides is 1. The third-order valence-corrected chi connectivity index (χ3v) is 7.93. The van der Waals surface area contributed by atoms with Gasteiger partial charge in [0.1, 0.15) is 11.4 Å². The third-order valence-electron chi connectivity index (χ3n) is 6.49. The highest BCUT2D eigenvalue weighted by Crippen LogP contribution is 2.46. The molecule has 0 aliphatic rings. The molecule has 1 aromatic heterocycles. The average Bonchev–Trinajstić information content (AvgIpc) is 3.01. The molecule has 0 saturated heterocycles. The zero-order valence-corrected chi connectivity index (χ0v) is 24.6. The van der Waals surface area contributed by atoms with Crippen LogP contribution in [0.15, 0.2) is 101 Å². The van der Waals surface area contributed by atoms with Crippen molar-refractivity contribution >= 4 is 34.2 Å². The fourth-order valence-electron chi connectivity index (χ4n) is 4.51. The molecule has 216 valence electrons. The van der Waals surface area contributed by atoms with E-state index < -0.39 is 22.8 Å². The zero-order valence-electron chi connectivity index (χ0n) is 23.8. The Labute approximate surface area is 248 Å². The van der Waals surface area contributed by atoms with Gasteiger partial charge >= 0.3 is 0 Å². The van der Waals surface area contributed by atoms with Crippen molar-refractivity contribution in [1.29, 1.82) is 5.41 Å². The lowest BCUT2D eigenvalue weighted by atomic mass is 10.0. The highest BCUT2D eigenvalue weighted by atomic mass is 32.2. The maximum absolute atomic E-state index is 13.9. The Morgan fingerprint density at radius 2 is 1.69 bits per heavy atom. The molecule has 5 N–H and O–H groups in total. The number of pyridine rings is 1. The lowest BCUT2D eigenvalue weighted by Gasteiger charge is -2.31. The molecule has 0 saturated carbocycles. The van der Waals surface area contributed by atoms with E-state index in [-0.39, 0.29) is 33.9 Å². The molecule has 1 unspecified atom stereocenters. The molecule has 4 rings (SSSR count). The number of aromatic hydroxyl groups is 2. The van der Waals surface area contributed by atoms with Crippen LogP contribution in [0, 0.1) is 5.41 Å². The van der Waals surface area contributed by atoms with Crippen molar-refractivity contribution in [2.75, 3.05) is 19.0 Å². The average molecular weight is 584 g/mol. The Morgan fingerprint density at radius 3 is 2.31 bits per heavy atom. The second-order valence-electron chi connectivity index (χ2n) is 9.60. The maximum atomic E-state index is 13.9. The highest BCUT2D eigenvalue weighted by molar-refractivity contribution is 7.91. The van der Waals surface area contributed by atoms with Crippen LogP contribution >= 0.6 is 0 Å². The summed E-state index contributed by atoms with van der Waals surface area (Å²) in [5.74, 6) is -1.27. The third kappa shape index (κ3) is 6.24. The van der Waals surface area contributed by atoms with Gasteiger partial charge in [-0.25, -0.2) is 4.98 Å². The number of carbonyl (C=O) groups is 1. The largest absolute Gasteiger partial charge is 0.606 e. The molecule has 0 radical (unpaired) electrons. The molecule has 0 aliphatic carbocycles. The fourth-order valence-corrected chi connectivity index (χ4v) is 5.62. The lowest BCUT2D eigenvalue weighted by Crippen LogP contribution is -2.28. The Balaban J connectivity index is 1.82. The van der Waals surface area contributed by atoms with Crippen molar-refractivity contribution in [2.45, 2.75) is 29.7 Å². The molecular formula is C32H33N5O4S. The van der Waals surface area contributed by atoms with Crippen LogP contribution in [0.4, 0.5) is 11.4 Å². The van der Waals surface area contributed by atoms with E-state index in [1.807, 2.05) is 50.2 Å². The SMILES string of the molecule is CN/C=C\C(=N)c1nc(O)c([S+]([O-])c2ccc(-c3cccc(C(=O)NC)c3)cc2)c(O)c1N(c1ccccc1)C(C)C. The monoisotopic (exact) mass is 583 g/mol. The fraction of sp³-hybridized carbons (Fsp3) is 0.156. The molecule has 1 heterocycles. The van der Waals surface area contributed by atoms with E-state index in [0.717, 1.165) is 16.8 Å². The number of allylic oxidation sites excluding steroid dienone is 1. The summed E-state index contributed by atoms with van der Waals surface area (Å²) in [6.07, 6.45) is 3.00. The van der Waals surface area contributed by atoms with Gasteiger partial charge in [0.15, 0.2) is 4.90 Å². The number of anilines is 2. The number of benzene rings is 3. The van der Waals surface area contributed by atoms with E-state index in [1.165, 1.54) is 6.08 Å². The number of nitrogens with one attached hydrogen (secondary N) is 3. The highest BCUT2D eigenvalue weighted by Gasteiger charge is 2.34. The number of rotatable bonds is 10. The summed E-state index contributed by atoms with van der Waals surface area (Å²) in [7, 11) is 3.26. The van der Waals surface area contributed by atoms with Crippen molar-refractivity contribution < 1.29 is 19.6 Å². The van der Waals surface area contributed by atoms with Crippen LogP contribution < -0.4 is 15.5 Å². The number of aromatic nitrogens is 1. The molecule has 1 amide bonds. The van der Waals surface area contributed by atoms with Crippen molar-refractivity contribution in [3.63, 3.8) is 0 Å². The van der Waals surface area contributed by atoms with Gasteiger partial charge < -0.3 is 30.3 Å². The van der Waals surface area contributed by atoms with Gasteiger partial charge in [0.05, 0.1) is 5.71 Å². The number of para-hydroxylation sites is 1. The molecule has 0 bridgehead atoms. The van der Waals surface area contributed by atoms with E-state index >= 15 is 0 Å². The Bertz CT molecular complexity index is 1610. The summed E-state index contributed by atoms with van der Waals surface area (Å²) in [5.41, 5.74) is 2.96. The van der Waals surface area contributed by atoms with Gasteiger partial charge in [-0.2, -0.15) is 0 Å². The lowest BCUT2D eigenvalue weighted by molar-refractivity contribution is 0.0963. The molecule has 10 heteroatoms. The van der Waals surface area contributed by atoms with Gasteiger partial charge in [0.25, 0.3) is 16.7 Å². The maximum Gasteiger partial charge on any atom is 0.273 e. The van der Waals surface area contributed by atoms with Gasteiger partial charge in [0, 0.05) is 42.6 Å². The van der Waals surface area contributed by atoms with Crippen molar-refractivity contribution in [2.24, 2.45) is 0 Å². The van der Waals surface area contributed by atoms with Crippen molar-refractivity contribution in [3.8, 4) is 22.8 Å². The topological polar surface area (TPSA) is 145 Å². The minimum absolute atomic E-state index is 0.0288. The molecule has 0 aliphatic heterocycles. The standard InChI is InChI=1S/C32H33N5O4S/c1-20(2)37(24-11-6-5-7-12-24)28-27(26(33)17-18-34-3)36-32(40)30(29(28)38)42(41)25-15-13-21(14-16-25)22-9-8-10-23(19-22)31(39)35-4/h5-20,33-34H,1-4H3,(H,35,39)(H2,36,38,40)/b18-17-,33-26?. The summed E-state index contributed by atoms with van der Waals surface area (Å²) in [6, 6.07) is 23.0. The number of hydrogen-bond donors (Lipinski definition) is 5. The Kier molecular flexibility index (Phi) is 9.51. The number of nitrogens with zero attached hydrogens (tertiary/aromatic N) is 2. The van der Waals surface area contributed by atoms with Gasteiger partial charge in [-0.3, -0.25) is 10.2 Å². The Morgan fingerprint density at radius 1 is 1.00 bits per heavy atom. The van der Waals surface area contributed by atoms with E-state index in [1.54, 1.807) is 67.7 Å². The zero-order chi connectivity index (χ0) is 30.4. The second-order valence-corrected chi connectivity index (χ2v) is 11.0. The molecule has 1 atom stereocenters. The molecule has 9 nitrogen and oxygen atoms in total. The van der Waals surface area contributed by atoms with Crippen LogP contribution in [-0.4, -0.2) is 51.5 Å². The van der Waals surface area contributed by atoms with Crippen molar-refractivity contribution in [3.05, 3.63) is 102 Å². The minimum Gasteiger partial charge on any atom is -0.606 e. The summed E-state index contributed by atoms with van der Waals surface area (Å²) < 4.78 is 13.9. The van der Waals surface area contributed by atoms with Crippen LogP contribution in [0.2, 0.25) is 0 Å². The quantitative estimate of drug-likeness (QED) is 0.125. The molecule has 4 aromatic rings. The first-order valence-electron chi connectivity index (χ1n) is 13.2. The summed E-state index contributed by atoms with van der Waals surface area (Å²) in [6.45, 7) is 3.84. The molecule has 3 aromatic carbocycles. The first-order valence-corrected chi connectivity index (χ1v) is 14.4. The van der Waals surface area contributed by atoms with Gasteiger partial charge in [0.2, 0.25) is 5.75 Å². The van der Waals surface area contributed by atoms with E-state index in [9.17, 15) is 19.6 Å². The van der Waals surface area contributed by atoms with Crippen LogP contribution in [-0.2, 0) is 11.2 Å². The number of carbonyl (C=O) groups excluding carboxylic acids is 1. The molecule has 0 spiro atoms. The van der Waals surface area contributed by atoms with Crippen LogP contribution in [0.1, 0.15) is 29.9 Å². The summed E-state index contributed by atoms with van der Waals surface area (Å²) >= 11 is -2.03. The molecule has 42 heavy (non-hydrogen) atoms. The number of hydrogen-bond acceptors (Lipinski definition) is 8. The van der Waals surface area contributed by atoms with Crippen LogP contribution in [0.3, 0.4) is 0 Å². The normalized spacial score (nSPS) is 11.9. The van der Waals surface area contributed by atoms with Crippen molar-refractivity contribution in [1.82, 2.24) is 15.6 Å². The predicted molar refractivity (Wildman–Crippen MR) is 166 cm³/mol. The predicted octanol–water partition coefficient (Wildman–Crippen LogP) is 5.33. The van der Waals surface area contributed by atoms with Crippen LogP contribution in [0.25, 0.3) is 11.1 Å². The van der Waals surface area contributed by atoms with Gasteiger partial charge in [-0.1, -0.05) is 30.3 Å². The molecular weight excluding hydrogens is 550 g/mol. The summed E-state index contributed by atoms with van der Waals surface area (Å²) in [4.78, 5) is 18.2.